The lowest BCUT2D eigenvalue weighted by Gasteiger charge is -2.75. The fourth-order valence-corrected chi connectivity index (χ4v) is 13.5. The van der Waals surface area contributed by atoms with Gasteiger partial charge in [0.1, 0.15) is 6.10 Å². The van der Waals surface area contributed by atoms with Crippen LogP contribution in [-0.2, 0) is 25.7 Å². The van der Waals surface area contributed by atoms with Crippen molar-refractivity contribution in [2.45, 2.75) is 152 Å². The first-order valence-electron chi connectivity index (χ1n) is 19.6. The lowest BCUT2D eigenvalue weighted by atomic mass is 9.29. The molecule has 0 aromatic carbocycles. The highest BCUT2D eigenvalue weighted by atomic mass is 32.1. The van der Waals surface area contributed by atoms with Crippen molar-refractivity contribution in [3.63, 3.8) is 0 Å². The van der Waals surface area contributed by atoms with Gasteiger partial charge in [-0.25, -0.2) is 0 Å². The Hall–Kier alpha value is -2.10. The number of thiazole rings is 1. The van der Waals surface area contributed by atoms with Crippen LogP contribution in [0.2, 0.25) is 0 Å². The summed E-state index contributed by atoms with van der Waals surface area (Å²) >= 11 is 1.61. The molecule has 284 valence electrons. The minimum atomic E-state index is -1.17. The number of hydrogen-bond acceptors (Lipinski definition) is 8. The van der Waals surface area contributed by atoms with E-state index in [2.05, 4.69) is 65.7 Å². The number of nitrogens with one attached hydrogen (secondary N) is 1. The second-order valence-corrected chi connectivity index (χ2v) is 20.7. The average molecular weight is 725 g/mol. The predicted octanol–water partition coefficient (Wildman–Crippen LogP) is 8.38. The van der Waals surface area contributed by atoms with Crippen molar-refractivity contribution in [1.29, 1.82) is 0 Å². The zero-order valence-electron chi connectivity index (χ0n) is 32.9. The fraction of sp³-hybridized carbons (Fsp3) is 0.810. The molecule has 6 rings (SSSR count). The number of aromatic nitrogens is 1. The largest absolute Gasteiger partial charge is 0.481 e. The van der Waals surface area contributed by atoms with Crippen LogP contribution in [-0.4, -0.2) is 51.7 Å². The highest BCUT2D eigenvalue weighted by molar-refractivity contribution is 7.09. The average Bonchev–Trinajstić information content (AvgIpc) is 3.66. The lowest BCUT2D eigenvalue weighted by molar-refractivity contribution is -0.272. The van der Waals surface area contributed by atoms with Gasteiger partial charge in [0.15, 0.2) is 5.78 Å². The molecule has 0 bridgehead atoms. The summed E-state index contributed by atoms with van der Waals surface area (Å²) in [5.41, 5.74) is 2.07. The van der Waals surface area contributed by atoms with Crippen LogP contribution in [0.1, 0.15) is 138 Å². The van der Waals surface area contributed by atoms with Gasteiger partial charge in [-0.2, -0.15) is 0 Å². The molecule has 9 atom stereocenters. The van der Waals surface area contributed by atoms with Crippen molar-refractivity contribution < 1.29 is 29.3 Å². The monoisotopic (exact) mass is 724 g/mol. The Kier molecular flexibility index (Phi) is 9.66. The molecule has 0 saturated heterocycles. The van der Waals surface area contributed by atoms with Gasteiger partial charge in [-0.05, 0) is 110 Å². The van der Waals surface area contributed by atoms with E-state index in [0.29, 0.717) is 25.4 Å². The third-order valence-electron chi connectivity index (χ3n) is 16.7. The summed E-state index contributed by atoms with van der Waals surface area (Å²) in [6.45, 7) is 23.2. The summed E-state index contributed by atoms with van der Waals surface area (Å²) in [5, 5.41) is 25.2. The Balaban J connectivity index is 1.29. The first kappa shape index (κ1) is 38.6. The van der Waals surface area contributed by atoms with Crippen molar-refractivity contribution in [2.24, 2.45) is 55.7 Å². The number of ketones is 1. The first-order chi connectivity index (χ1) is 23.6. The quantitative estimate of drug-likeness (QED) is 0.206. The number of aliphatic hydroxyl groups is 1. The molecular weight excluding hydrogens is 661 g/mol. The molecular formula is C42H64N2O6S. The third kappa shape index (κ3) is 5.55. The van der Waals surface area contributed by atoms with E-state index < -0.39 is 28.9 Å². The smallest absolute Gasteiger partial charge is 0.309 e. The molecule has 0 aliphatic heterocycles. The highest BCUT2D eigenvalue weighted by Crippen LogP contribution is 2.79. The lowest BCUT2D eigenvalue weighted by Crippen LogP contribution is -2.69. The Morgan fingerprint density at radius 3 is 2.31 bits per heavy atom. The van der Waals surface area contributed by atoms with Crippen molar-refractivity contribution in [3.05, 3.63) is 27.7 Å². The normalized spacial score (nSPS) is 39.5. The summed E-state index contributed by atoms with van der Waals surface area (Å²) in [4.78, 5) is 44.3. The zero-order valence-corrected chi connectivity index (χ0v) is 33.7. The van der Waals surface area contributed by atoms with Crippen LogP contribution in [0.25, 0.3) is 0 Å². The van der Waals surface area contributed by atoms with Gasteiger partial charge >= 0.3 is 11.9 Å². The van der Waals surface area contributed by atoms with Crippen LogP contribution >= 0.6 is 11.3 Å². The molecule has 5 aliphatic rings. The van der Waals surface area contributed by atoms with Crippen LogP contribution < -0.4 is 5.32 Å². The van der Waals surface area contributed by atoms with Gasteiger partial charge in [0, 0.05) is 41.4 Å². The Morgan fingerprint density at radius 2 is 1.69 bits per heavy atom. The van der Waals surface area contributed by atoms with E-state index in [4.69, 9.17) is 4.74 Å². The molecule has 0 spiro atoms. The molecule has 1 aromatic heterocycles. The number of aliphatic carboxylic acids is 1. The second kappa shape index (κ2) is 12.8. The Morgan fingerprint density at radius 1 is 1.00 bits per heavy atom. The number of rotatable bonds is 10. The number of allylic oxidation sites excluding steroid dienone is 1. The fourth-order valence-electron chi connectivity index (χ4n) is 12.9. The third-order valence-corrected chi connectivity index (χ3v) is 17.5. The molecule has 4 fully saturated rings. The maximum absolute atomic E-state index is 14.0. The Labute approximate surface area is 310 Å². The molecule has 1 heterocycles. The van der Waals surface area contributed by atoms with Gasteiger partial charge in [0.2, 0.25) is 0 Å². The van der Waals surface area contributed by atoms with E-state index in [-0.39, 0.29) is 57.2 Å². The maximum Gasteiger partial charge on any atom is 0.309 e. The highest BCUT2D eigenvalue weighted by Gasteiger charge is 2.73. The number of carbonyl (C=O) groups excluding carboxylic acids is 2. The van der Waals surface area contributed by atoms with Gasteiger partial charge in [0.25, 0.3) is 0 Å². The number of carbonyl (C=O) groups is 3. The van der Waals surface area contributed by atoms with E-state index in [1.807, 2.05) is 11.7 Å². The number of fused-ring (bicyclic) bond motifs is 7. The van der Waals surface area contributed by atoms with Crippen LogP contribution in [0.15, 0.2) is 22.9 Å². The minimum Gasteiger partial charge on any atom is -0.481 e. The molecule has 8 nitrogen and oxygen atoms in total. The first-order valence-corrected chi connectivity index (χ1v) is 20.5. The number of Topliss-reactive ketones (excluding diaryl/α,β-unsaturated/α-hetero) is 1. The standard InChI is InChI=1S/C42H64N2O6S/c1-25(2)33-28(45)19-42(30(46)23-43-21-26-22-44-24-51-26)18-16-38(7)27(34(33)42)11-12-29-39(38,8)15-17-41(10)37(5,6)31(13-14-40(29,41)9)50-32(47)20-36(3,4)35(48)49/h22,24-25,27,29-31,43,46H,11-21,23H2,1-10H3,(H,48,49). The van der Waals surface area contributed by atoms with E-state index >= 15 is 0 Å². The van der Waals surface area contributed by atoms with Gasteiger partial charge in [-0.1, -0.05) is 61.0 Å². The van der Waals surface area contributed by atoms with Gasteiger partial charge < -0.3 is 20.3 Å². The van der Waals surface area contributed by atoms with E-state index in [1.54, 1.807) is 25.2 Å². The predicted molar refractivity (Wildman–Crippen MR) is 200 cm³/mol. The number of ether oxygens (including phenoxy) is 1. The minimum absolute atomic E-state index is 0.0100. The van der Waals surface area contributed by atoms with Gasteiger partial charge in [-0.15, -0.1) is 11.3 Å². The number of esters is 1. The molecule has 0 radical (unpaired) electrons. The maximum atomic E-state index is 14.0. The van der Waals surface area contributed by atoms with Crippen molar-refractivity contribution in [1.82, 2.24) is 10.3 Å². The summed E-state index contributed by atoms with van der Waals surface area (Å²) in [5.74, 6) is -0.342. The molecule has 9 unspecified atom stereocenters. The summed E-state index contributed by atoms with van der Waals surface area (Å²) < 4.78 is 6.22. The number of carboxylic acids is 1. The van der Waals surface area contributed by atoms with Gasteiger partial charge in [0.05, 0.1) is 23.5 Å². The molecule has 51 heavy (non-hydrogen) atoms. The summed E-state index contributed by atoms with van der Waals surface area (Å²) in [7, 11) is 0. The summed E-state index contributed by atoms with van der Waals surface area (Å²) in [6.07, 6.45) is 8.97. The number of hydrogen-bond donors (Lipinski definition) is 3. The van der Waals surface area contributed by atoms with Crippen LogP contribution in [0.4, 0.5) is 0 Å². The molecule has 3 N–H and O–H groups in total. The van der Waals surface area contributed by atoms with Crippen molar-refractivity contribution in [3.8, 4) is 0 Å². The zero-order chi connectivity index (χ0) is 37.6. The molecule has 1 aromatic rings. The van der Waals surface area contributed by atoms with E-state index in [9.17, 15) is 24.6 Å². The summed E-state index contributed by atoms with van der Waals surface area (Å²) in [6, 6.07) is 0. The number of nitrogens with zero attached hydrogens (tertiary/aromatic N) is 1. The van der Waals surface area contributed by atoms with Gasteiger partial charge in [-0.3, -0.25) is 19.4 Å². The topological polar surface area (TPSA) is 126 Å². The van der Waals surface area contributed by atoms with Crippen LogP contribution in [0, 0.1) is 55.7 Å². The van der Waals surface area contributed by atoms with E-state index in [1.165, 1.54) is 5.57 Å². The van der Waals surface area contributed by atoms with Crippen molar-refractivity contribution in [2.75, 3.05) is 6.54 Å². The number of carboxylic acid groups (broad SMARTS) is 1. The van der Waals surface area contributed by atoms with Crippen molar-refractivity contribution >= 4 is 29.1 Å². The molecule has 4 saturated carbocycles. The van der Waals surface area contributed by atoms with E-state index in [0.717, 1.165) is 61.8 Å². The molecule has 9 heteroatoms. The Bertz CT molecular complexity index is 1580. The second-order valence-electron chi connectivity index (χ2n) is 19.7. The molecule has 0 amide bonds. The van der Waals surface area contributed by atoms with Crippen LogP contribution in [0.3, 0.4) is 0 Å². The van der Waals surface area contributed by atoms with Crippen LogP contribution in [0.5, 0.6) is 0 Å². The molecule has 5 aliphatic carbocycles. The number of aliphatic hydroxyl groups excluding tert-OH is 1. The SMILES string of the molecule is CC(C)C1=C2C3CCC4C(C)(CCC5(C)C(C)(C)C(OC(=O)CC(C)(C)C(=O)O)CCC45C)C3(C)CCC2(C(O)CNCc2cncs2)CC1=O.